The first-order valence-corrected chi connectivity index (χ1v) is 34.7. The lowest BCUT2D eigenvalue weighted by Gasteiger charge is -2.45. The van der Waals surface area contributed by atoms with Crippen LogP contribution in [-0.4, -0.2) is 153 Å². The Hall–Kier alpha value is -1.88. The van der Waals surface area contributed by atoms with Crippen molar-refractivity contribution in [2.75, 3.05) is 26.4 Å². The van der Waals surface area contributed by atoms with Crippen molar-refractivity contribution in [3.8, 4) is 0 Å². The van der Waals surface area contributed by atoms with Gasteiger partial charge in [-0.25, -0.2) is 4.57 Å². The van der Waals surface area contributed by atoms with Gasteiger partial charge in [-0.2, -0.15) is 0 Å². The number of esters is 1. The van der Waals surface area contributed by atoms with Crippen LogP contribution in [0.25, 0.3) is 0 Å². The number of ether oxygens (including phenoxy) is 5. The molecule has 0 spiro atoms. The number of nitrogens with two attached hydrogens (primary N) is 1. The van der Waals surface area contributed by atoms with Crippen LogP contribution in [0.1, 0.15) is 278 Å². The Morgan fingerprint density at radius 1 is 0.530 bits per heavy atom. The van der Waals surface area contributed by atoms with Crippen LogP contribution in [0, 0.1) is 0 Å². The number of amides is 2. The van der Waals surface area contributed by atoms with Crippen LogP contribution in [0.4, 0.5) is 0 Å². The molecule has 0 bridgehead atoms. The van der Waals surface area contributed by atoms with Crippen molar-refractivity contribution in [1.29, 1.82) is 0 Å². The van der Waals surface area contributed by atoms with Crippen molar-refractivity contribution >= 4 is 25.6 Å². The van der Waals surface area contributed by atoms with Crippen LogP contribution in [0.15, 0.2) is 0 Å². The first kappa shape index (κ1) is 77.2. The molecule has 21 heteroatoms. The first-order valence-electron chi connectivity index (χ1n) is 33.2. The molecule has 83 heavy (non-hydrogen) atoms. The molecule has 2 aliphatic rings. The van der Waals surface area contributed by atoms with Crippen LogP contribution in [-0.2, 0) is 47.2 Å². The molecule has 490 valence electrons. The third-order valence-electron chi connectivity index (χ3n) is 16.2. The molecule has 0 saturated carbocycles. The predicted octanol–water partition coefficient (Wildman–Crippen LogP) is 9.89. The number of unbranched alkanes of at least 4 members (excludes halogenated alkanes) is 31. The van der Waals surface area contributed by atoms with Crippen molar-refractivity contribution in [3.63, 3.8) is 0 Å². The topological polar surface area (TPSA) is 315 Å². The molecular weight excluding hydrogens is 1090 g/mol. The van der Waals surface area contributed by atoms with E-state index in [4.69, 9.17) is 33.9 Å². The average molecular weight is 1210 g/mol. The van der Waals surface area contributed by atoms with E-state index in [1.165, 1.54) is 89.9 Å². The number of phosphoric ester groups is 1. The summed E-state index contributed by atoms with van der Waals surface area (Å²) in [6, 6.07) is -2.87. The standard InChI is InChI=1S/C62H120N3O17P/c1-4-7-10-13-16-19-24-29-34-39-48(67)44-52(68)64-55-58(72)57(71)51(81-61(55)77-43-38-33-28-23-22-27-32-37-42-63)47-78-62-56(59(73)60(50(46-66)80-62)82-83(74,75)76)65-53(69)45-49(40-35-30-25-20-17-14-11-8-5-2)79-54(70)41-36-31-26-21-18-15-12-9-6-3/h48-51,55-62,66-67,71-73H,4-47,63H2,1-3H3,(H,64,68)(H,65,69)(H2,74,75,76)/t48-,49-,50-,51-,55-,56-,57-,58-,59-,60-,61+,62-/m1/s1. The number of carbonyl (C=O) groups is 3. The Bertz CT molecular complexity index is 1650. The van der Waals surface area contributed by atoms with Gasteiger partial charge in [0, 0.05) is 13.0 Å². The van der Waals surface area contributed by atoms with E-state index in [-0.39, 0.29) is 25.9 Å². The summed E-state index contributed by atoms with van der Waals surface area (Å²) < 4.78 is 47.5. The lowest BCUT2D eigenvalue weighted by Crippen LogP contribution is -2.67. The van der Waals surface area contributed by atoms with Gasteiger partial charge in [-0.3, -0.25) is 18.9 Å². The summed E-state index contributed by atoms with van der Waals surface area (Å²) in [5.41, 5.74) is 5.63. The van der Waals surface area contributed by atoms with Crippen molar-refractivity contribution in [2.24, 2.45) is 5.73 Å². The van der Waals surface area contributed by atoms with Crippen molar-refractivity contribution in [3.05, 3.63) is 0 Å². The zero-order chi connectivity index (χ0) is 60.9. The molecule has 2 aliphatic heterocycles. The minimum Gasteiger partial charge on any atom is -0.462 e. The maximum atomic E-state index is 14.1. The van der Waals surface area contributed by atoms with Crippen LogP contribution in [0.2, 0.25) is 0 Å². The van der Waals surface area contributed by atoms with Gasteiger partial charge in [-0.1, -0.05) is 220 Å². The Labute approximate surface area is 500 Å². The van der Waals surface area contributed by atoms with E-state index in [2.05, 4.69) is 31.4 Å². The molecule has 0 aromatic heterocycles. The molecule has 2 rings (SSSR count). The van der Waals surface area contributed by atoms with Gasteiger partial charge in [-0.15, -0.1) is 0 Å². The van der Waals surface area contributed by atoms with Crippen LogP contribution < -0.4 is 16.4 Å². The highest BCUT2D eigenvalue weighted by atomic mass is 31.2. The fourth-order valence-electron chi connectivity index (χ4n) is 11.1. The van der Waals surface area contributed by atoms with E-state index < -0.39 is 112 Å². The molecule has 2 amide bonds. The van der Waals surface area contributed by atoms with Gasteiger partial charge in [0.25, 0.3) is 0 Å². The molecule has 0 unspecified atom stereocenters. The summed E-state index contributed by atoms with van der Waals surface area (Å²) in [6.07, 6.45) is 22.7. The summed E-state index contributed by atoms with van der Waals surface area (Å²) in [5.74, 6) is -1.70. The van der Waals surface area contributed by atoms with Gasteiger partial charge in [0.1, 0.15) is 54.8 Å². The SMILES string of the molecule is CCCCCCCCCCCC(=O)O[C@H](CCCCCCCCCCC)CC(=O)N[C@H]1[C@H](OC[C@H]2O[C@H](OCCCCCCCCCCN)[C@H](NC(=O)C[C@H](O)CCCCCCCCCCC)[C@@H](O)[C@@H]2O)O[C@H](CO)[C@@H](OP(=O)(O)O)[C@@H]1O. The van der Waals surface area contributed by atoms with Crippen molar-refractivity contribution in [2.45, 2.75) is 351 Å². The highest BCUT2D eigenvalue weighted by molar-refractivity contribution is 7.46. The summed E-state index contributed by atoms with van der Waals surface area (Å²) in [4.78, 5) is 60.4. The molecule has 0 aliphatic carbocycles. The van der Waals surface area contributed by atoms with Gasteiger partial charge >= 0.3 is 13.8 Å². The molecule has 12 atom stereocenters. The van der Waals surface area contributed by atoms with Crippen LogP contribution >= 0.6 is 7.82 Å². The van der Waals surface area contributed by atoms with Crippen LogP contribution in [0.5, 0.6) is 0 Å². The number of carbonyl (C=O) groups excluding carboxylic acids is 3. The van der Waals surface area contributed by atoms with Crippen molar-refractivity contribution < 1.29 is 82.5 Å². The molecule has 0 aromatic rings. The number of rotatable bonds is 54. The first-order chi connectivity index (χ1) is 40.1. The number of phosphoric acid groups is 1. The maximum absolute atomic E-state index is 14.1. The second kappa shape index (κ2) is 49.1. The normalized spacial score (nSPS) is 23.7. The molecule has 20 nitrogen and oxygen atoms in total. The summed E-state index contributed by atoms with van der Waals surface area (Å²) >= 11 is 0. The monoisotopic (exact) mass is 1210 g/mol. The number of aliphatic hydroxyl groups is 5. The molecule has 2 heterocycles. The van der Waals surface area contributed by atoms with Gasteiger partial charge < -0.3 is 75.4 Å². The summed E-state index contributed by atoms with van der Waals surface area (Å²) in [7, 11) is -5.32. The largest absolute Gasteiger partial charge is 0.470 e. The third-order valence-corrected chi connectivity index (χ3v) is 16.7. The van der Waals surface area contributed by atoms with Gasteiger partial charge in [0.05, 0.1) is 32.2 Å². The fraction of sp³-hybridized carbons (Fsp3) is 0.952. The number of aliphatic hydroxyl groups excluding tert-OH is 5. The highest BCUT2D eigenvalue weighted by Crippen LogP contribution is 2.42. The van der Waals surface area contributed by atoms with E-state index in [0.717, 1.165) is 116 Å². The van der Waals surface area contributed by atoms with E-state index in [1.54, 1.807) is 0 Å². The molecule has 2 saturated heterocycles. The fourth-order valence-corrected chi connectivity index (χ4v) is 11.7. The summed E-state index contributed by atoms with van der Waals surface area (Å²) in [5, 5.41) is 61.5. The van der Waals surface area contributed by atoms with E-state index in [1.807, 2.05) is 0 Å². The molecule has 0 aromatic carbocycles. The maximum Gasteiger partial charge on any atom is 0.470 e. The van der Waals surface area contributed by atoms with Gasteiger partial charge in [0.15, 0.2) is 12.6 Å². The molecule has 2 fully saturated rings. The Morgan fingerprint density at radius 3 is 1.45 bits per heavy atom. The zero-order valence-corrected chi connectivity index (χ0v) is 52.7. The number of nitrogens with one attached hydrogen (secondary N) is 2. The number of hydrogen-bond acceptors (Lipinski definition) is 16. The molecule has 11 N–H and O–H groups in total. The Balaban J connectivity index is 2.25. The second-order valence-corrected chi connectivity index (χ2v) is 25.0. The van der Waals surface area contributed by atoms with E-state index >= 15 is 0 Å². The highest BCUT2D eigenvalue weighted by Gasteiger charge is 2.51. The van der Waals surface area contributed by atoms with Gasteiger partial charge in [0.2, 0.25) is 11.8 Å². The van der Waals surface area contributed by atoms with E-state index in [0.29, 0.717) is 38.6 Å². The van der Waals surface area contributed by atoms with Gasteiger partial charge in [-0.05, 0) is 45.1 Å². The lowest BCUT2D eigenvalue weighted by molar-refractivity contribution is -0.302. The van der Waals surface area contributed by atoms with E-state index in [9.17, 15) is 54.3 Å². The van der Waals surface area contributed by atoms with Crippen LogP contribution in [0.3, 0.4) is 0 Å². The third kappa shape index (κ3) is 36.9. The minimum absolute atomic E-state index is 0.182. The summed E-state index contributed by atoms with van der Waals surface area (Å²) in [6.45, 7) is 5.95. The Morgan fingerprint density at radius 2 is 0.952 bits per heavy atom. The molecular formula is C62H120N3O17P. The quantitative estimate of drug-likeness (QED) is 0.0154. The zero-order valence-electron chi connectivity index (χ0n) is 51.8. The predicted molar refractivity (Wildman–Crippen MR) is 322 cm³/mol. The van der Waals surface area contributed by atoms with Crippen molar-refractivity contribution in [1.82, 2.24) is 10.6 Å². The molecule has 0 radical (unpaired) electrons. The Kier molecular flexibility index (Phi) is 45.6. The lowest BCUT2D eigenvalue weighted by atomic mass is 9.95. The minimum atomic E-state index is -5.32. The smallest absolute Gasteiger partial charge is 0.462 e. The average Bonchev–Trinajstić information content (AvgIpc) is 3.57. The second-order valence-electron chi connectivity index (χ2n) is 23.8. The number of hydrogen-bond donors (Lipinski definition) is 10.